The van der Waals surface area contributed by atoms with Crippen LogP contribution in [0.4, 0.5) is 8.78 Å². The van der Waals surface area contributed by atoms with Crippen LogP contribution in [-0.4, -0.2) is 38.0 Å². The molecule has 0 spiro atoms. The molecule has 15 heavy (non-hydrogen) atoms. The maximum atomic E-state index is 11.6. The van der Waals surface area contributed by atoms with E-state index in [9.17, 15) is 13.6 Å². The number of amides is 1. The zero-order valence-electron chi connectivity index (χ0n) is 8.48. The van der Waals surface area contributed by atoms with Gasteiger partial charge in [-0.25, -0.2) is 8.78 Å². The number of ether oxygens (including phenoxy) is 1. The van der Waals surface area contributed by atoms with Crippen molar-refractivity contribution in [3.05, 3.63) is 0 Å². The van der Waals surface area contributed by atoms with E-state index in [2.05, 4.69) is 10.1 Å². The maximum absolute atomic E-state index is 11.6. The number of alkyl halides is 3. The predicted octanol–water partition coefficient (Wildman–Crippen LogP) is 1.79. The number of carbonyl (C=O) groups excluding carboxylic acids is 1. The van der Waals surface area contributed by atoms with Gasteiger partial charge in [-0.05, 0) is 12.8 Å². The van der Waals surface area contributed by atoms with Crippen molar-refractivity contribution in [1.82, 2.24) is 5.32 Å². The molecule has 90 valence electrons. The van der Waals surface area contributed by atoms with E-state index < -0.39 is 13.0 Å². The van der Waals surface area contributed by atoms with Crippen molar-refractivity contribution >= 4 is 17.5 Å². The van der Waals surface area contributed by atoms with Gasteiger partial charge in [-0.1, -0.05) is 0 Å². The topological polar surface area (TPSA) is 38.3 Å². The van der Waals surface area contributed by atoms with Crippen molar-refractivity contribution in [2.24, 2.45) is 0 Å². The number of nitrogens with one attached hydrogen (secondary N) is 1. The minimum Gasteiger partial charge on any atom is -0.375 e. The van der Waals surface area contributed by atoms with E-state index in [1.807, 2.05) is 0 Å². The molecule has 0 fully saturated rings. The monoisotopic (exact) mass is 243 g/mol. The van der Waals surface area contributed by atoms with Crippen LogP contribution in [0.25, 0.3) is 0 Å². The predicted molar refractivity (Wildman–Crippen MR) is 54.4 cm³/mol. The summed E-state index contributed by atoms with van der Waals surface area (Å²) in [5.74, 6) is 0.395. The summed E-state index contributed by atoms with van der Waals surface area (Å²) < 4.78 is 27.8. The lowest BCUT2D eigenvalue weighted by atomic mass is 10.3. The number of rotatable bonds is 9. The number of carbonyl (C=O) groups is 1. The fourth-order valence-corrected chi connectivity index (χ4v) is 1.06. The molecule has 0 unspecified atom stereocenters. The Morgan fingerprint density at radius 1 is 1.40 bits per heavy atom. The minimum absolute atomic E-state index is 0.0334. The second kappa shape index (κ2) is 10.1. The van der Waals surface area contributed by atoms with E-state index in [1.54, 1.807) is 0 Å². The maximum Gasteiger partial charge on any atom is 0.261 e. The van der Waals surface area contributed by atoms with Gasteiger partial charge in [0, 0.05) is 18.8 Å². The molecule has 0 aromatic rings. The van der Waals surface area contributed by atoms with E-state index in [0.29, 0.717) is 12.4 Å². The Hall–Kier alpha value is -0.420. The number of hydrogen-bond acceptors (Lipinski definition) is 2. The van der Waals surface area contributed by atoms with Gasteiger partial charge < -0.3 is 10.1 Å². The summed E-state index contributed by atoms with van der Waals surface area (Å²) in [4.78, 5) is 11.0. The van der Waals surface area contributed by atoms with Crippen LogP contribution in [0.15, 0.2) is 0 Å². The highest BCUT2D eigenvalue weighted by Crippen LogP contribution is 1.94. The van der Waals surface area contributed by atoms with Crippen molar-refractivity contribution in [1.29, 1.82) is 0 Å². The Labute approximate surface area is 93.1 Å². The molecule has 0 saturated heterocycles. The normalized spacial score (nSPS) is 10.7. The standard InChI is InChI=1S/C9H16ClF2NO2/c10-4-1-2-5-13-9(14)3-6-15-7-8(11)12/h8H,1-7H2,(H,13,14). The molecular formula is C9H16ClF2NO2. The van der Waals surface area contributed by atoms with Crippen LogP contribution >= 0.6 is 11.6 Å². The highest BCUT2D eigenvalue weighted by molar-refractivity contribution is 6.17. The zero-order valence-corrected chi connectivity index (χ0v) is 9.23. The molecule has 0 rings (SSSR count). The molecular weight excluding hydrogens is 228 g/mol. The number of halogens is 3. The Morgan fingerprint density at radius 3 is 2.73 bits per heavy atom. The highest BCUT2D eigenvalue weighted by Gasteiger charge is 2.04. The summed E-state index contributed by atoms with van der Waals surface area (Å²) in [6.45, 7) is -0.00833. The van der Waals surface area contributed by atoms with Gasteiger partial charge in [0.05, 0.1) is 6.61 Å². The highest BCUT2D eigenvalue weighted by atomic mass is 35.5. The van der Waals surface area contributed by atoms with Crippen LogP contribution in [0.2, 0.25) is 0 Å². The molecule has 0 bridgehead atoms. The third-order valence-electron chi connectivity index (χ3n) is 1.60. The summed E-state index contributed by atoms with van der Waals surface area (Å²) in [6.07, 6.45) is -0.679. The first-order chi connectivity index (χ1) is 7.16. The summed E-state index contributed by atoms with van der Waals surface area (Å²) in [7, 11) is 0. The largest absolute Gasteiger partial charge is 0.375 e. The first-order valence-electron chi connectivity index (χ1n) is 4.85. The molecule has 1 N–H and O–H groups in total. The van der Waals surface area contributed by atoms with Crippen LogP contribution in [0.1, 0.15) is 19.3 Å². The molecule has 0 aliphatic carbocycles. The lowest BCUT2D eigenvalue weighted by Gasteiger charge is -2.05. The summed E-state index contributed by atoms with van der Waals surface area (Å²) >= 11 is 5.45. The molecule has 0 heterocycles. The quantitative estimate of drug-likeness (QED) is 0.495. The molecule has 1 amide bonds. The van der Waals surface area contributed by atoms with Crippen LogP contribution in [0.3, 0.4) is 0 Å². The minimum atomic E-state index is -2.48. The first-order valence-corrected chi connectivity index (χ1v) is 5.39. The number of unbranched alkanes of at least 4 members (excludes halogenated alkanes) is 1. The fraction of sp³-hybridized carbons (Fsp3) is 0.889. The molecule has 0 radical (unpaired) electrons. The average Bonchev–Trinajstić information content (AvgIpc) is 2.19. The van der Waals surface area contributed by atoms with Gasteiger partial charge in [0.15, 0.2) is 0 Å². The van der Waals surface area contributed by atoms with Crippen molar-refractivity contribution in [3.8, 4) is 0 Å². The van der Waals surface area contributed by atoms with Gasteiger partial charge in [0.25, 0.3) is 6.43 Å². The Balaban J connectivity index is 3.19. The summed E-state index contributed by atoms with van der Waals surface area (Å²) in [5, 5.41) is 2.64. The van der Waals surface area contributed by atoms with Crippen LogP contribution in [-0.2, 0) is 9.53 Å². The van der Waals surface area contributed by atoms with E-state index >= 15 is 0 Å². The zero-order chi connectivity index (χ0) is 11.5. The van der Waals surface area contributed by atoms with Gasteiger partial charge >= 0.3 is 0 Å². The summed E-state index contributed by atoms with van der Waals surface area (Å²) in [5.41, 5.74) is 0. The third-order valence-corrected chi connectivity index (χ3v) is 1.87. The average molecular weight is 244 g/mol. The van der Waals surface area contributed by atoms with Gasteiger partial charge in [0.1, 0.15) is 6.61 Å². The Morgan fingerprint density at radius 2 is 2.13 bits per heavy atom. The van der Waals surface area contributed by atoms with Crippen LogP contribution in [0, 0.1) is 0 Å². The van der Waals surface area contributed by atoms with Crippen LogP contribution < -0.4 is 5.32 Å². The van der Waals surface area contributed by atoms with E-state index in [4.69, 9.17) is 11.6 Å². The van der Waals surface area contributed by atoms with E-state index in [0.717, 1.165) is 12.8 Å². The van der Waals surface area contributed by atoms with Crippen molar-refractivity contribution in [2.45, 2.75) is 25.7 Å². The molecule has 0 aromatic carbocycles. The third kappa shape index (κ3) is 11.5. The molecule has 0 aliphatic rings. The molecule has 6 heteroatoms. The second-order valence-electron chi connectivity index (χ2n) is 2.96. The lowest BCUT2D eigenvalue weighted by Crippen LogP contribution is -2.25. The Kier molecular flexibility index (Phi) is 9.83. The smallest absolute Gasteiger partial charge is 0.261 e. The fourth-order valence-electron chi connectivity index (χ4n) is 0.873. The molecule has 0 saturated carbocycles. The second-order valence-corrected chi connectivity index (χ2v) is 3.34. The van der Waals surface area contributed by atoms with E-state index in [-0.39, 0.29) is 18.9 Å². The van der Waals surface area contributed by atoms with Crippen molar-refractivity contribution in [3.63, 3.8) is 0 Å². The Bertz CT molecular complexity index is 170. The molecule has 0 aliphatic heterocycles. The lowest BCUT2D eigenvalue weighted by molar-refractivity contribution is -0.122. The SMILES string of the molecule is O=C(CCOCC(F)F)NCCCCCl. The van der Waals surface area contributed by atoms with E-state index in [1.165, 1.54) is 0 Å². The number of hydrogen-bond donors (Lipinski definition) is 1. The van der Waals surface area contributed by atoms with Gasteiger partial charge in [0.2, 0.25) is 5.91 Å². The van der Waals surface area contributed by atoms with Crippen molar-refractivity contribution < 1.29 is 18.3 Å². The van der Waals surface area contributed by atoms with Gasteiger partial charge in [-0.15, -0.1) is 11.6 Å². The first kappa shape index (κ1) is 14.6. The molecule has 0 aromatic heterocycles. The summed E-state index contributed by atoms with van der Waals surface area (Å²) in [6, 6.07) is 0. The van der Waals surface area contributed by atoms with Crippen molar-refractivity contribution in [2.75, 3.05) is 25.6 Å². The van der Waals surface area contributed by atoms with Gasteiger partial charge in [-0.2, -0.15) is 0 Å². The molecule has 3 nitrogen and oxygen atoms in total. The van der Waals surface area contributed by atoms with Crippen LogP contribution in [0.5, 0.6) is 0 Å². The molecule has 0 atom stereocenters. The van der Waals surface area contributed by atoms with Gasteiger partial charge in [-0.3, -0.25) is 4.79 Å².